The molecular weight excluding hydrogens is 400 g/mol. The molecule has 0 spiro atoms. The van der Waals surface area contributed by atoms with E-state index in [-0.39, 0.29) is 0 Å². The topological polar surface area (TPSA) is 73.2 Å². The average molecular weight is 421 g/mol. The van der Waals surface area contributed by atoms with Gasteiger partial charge in [0.15, 0.2) is 0 Å². The predicted octanol–water partition coefficient (Wildman–Crippen LogP) is 4.32. The number of imidazole rings is 1. The van der Waals surface area contributed by atoms with Crippen LogP contribution in [0, 0.1) is 18.6 Å². The van der Waals surface area contributed by atoms with Crippen LogP contribution in [-0.4, -0.2) is 18.0 Å². The predicted molar refractivity (Wildman–Crippen MR) is 104 cm³/mol. The molecule has 3 aromatic rings. The van der Waals surface area contributed by atoms with E-state index in [9.17, 15) is 17.2 Å². The van der Waals surface area contributed by atoms with Crippen LogP contribution in [0.3, 0.4) is 0 Å². The van der Waals surface area contributed by atoms with Gasteiger partial charge in [0.25, 0.3) is 0 Å². The molecule has 154 valence electrons. The molecule has 3 rings (SSSR count). The van der Waals surface area contributed by atoms with E-state index < -0.39 is 32.6 Å². The number of aromatic nitrogens is 2. The molecule has 0 fully saturated rings. The average Bonchev–Trinajstić information content (AvgIpc) is 3.08. The molecule has 6 nitrogen and oxygen atoms in total. The number of halogens is 2. The van der Waals surface area contributed by atoms with E-state index in [2.05, 4.69) is 9.71 Å². The van der Waals surface area contributed by atoms with E-state index >= 15 is 0 Å². The molecule has 0 aliphatic carbocycles. The van der Waals surface area contributed by atoms with Crippen LogP contribution in [0.4, 0.5) is 8.78 Å². The van der Waals surface area contributed by atoms with E-state index in [4.69, 9.17) is 4.74 Å². The standard InChI is InChI=1S/C20H21F2N3O3S/c1-4-25-18(12-23-20(25)28-16-8-5-13(2)6-9-16)14(3)24-29(26,27)19-11-15(21)7-10-17(19)22/h5-12,14,24H,4H2,1-3H3. The van der Waals surface area contributed by atoms with E-state index in [1.165, 1.54) is 6.20 Å². The van der Waals surface area contributed by atoms with Crippen LogP contribution in [0.2, 0.25) is 0 Å². The zero-order valence-corrected chi connectivity index (χ0v) is 17.0. The van der Waals surface area contributed by atoms with Crippen LogP contribution >= 0.6 is 0 Å². The van der Waals surface area contributed by atoms with E-state index in [1.54, 1.807) is 11.5 Å². The number of benzene rings is 2. The number of rotatable bonds is 7. The Morgan fingerprint density at radius 2 is 1.86 bits per heavy atom. The van der Waals surface area contributed by atoms with Gasteiger partial charge in [0, 0.05) is 6.54 Å². The van der Waals surface area contributed by atoms with Crippen molar-refractivity contribution >= 4 is 10.0 Å². The maximum absolute atomic E-state index is 13.9. The van der Waals surface area contributed by atoms with Gasteiger partial charge in [-0.15, -0.1) is 0 Å². The molecule has 2 aromatic carbocycles. The Morgan fingerprint density at radius 3 is 2.52 bits per heavy atom. The maximum Gasteiger partial charge on any atom is 0.302 e. The summed E-state index contributed by atoms with van der Waals surface area (Å²) in [7, 11) is -4.29. The summed E-state index contributed by atoms with van der Waals surface area (Å²) in [5.41, 5.74) is 1.61. The van der Waals surface area contributed by atoms with Gasteiger partial charge in [-0.05, 0) is 51.1 Å². The second-order valence-electron chi connectivity index (χ2n) is 6.54. The molecule has 1 heterocycles. The first kappa shape index (κ1) is 20.9. The Bertz CT molecular complexity index is 1110. The quantitative estimate of drug-likeness (QED) is 0.617. The minimum absolute atomic E-state index is 0.300. The number of hydrogen-bond acceptors (Lipinski definition) is 4. The Kier molecular flexibility index (Phi) is 5.99. The Labute approximate surface area is 168 Å². The van der Waals surface area contributed by atoms with Crippen molar-refractivity contribution in [1.82, 2.24) is 14.3 Å². The third kappa shape index (κ3) is 4.63. The van der Waals surface area contributed by atoms with Gasteiger partial charge >= 0.3 is 6.01 Å². The van der Waals surface area contributed by atoms with Crippen molar-refractivity contribution in [3.63, 3.8) is 0 Å². The molecular formula is C20H21F2N3O3S. The highest BCUT2D eigenvalue weighted by atomic mass is 32.2. The van der Waals surface area contributed by atoms with Gasteiger partial charge in [0.2, 0.25) is 10.0 Å². The minimum Gasteiger partial charge on any atom is -0.426 e. The van der Waals surface area contributed by atoms with Crippen molar-refractivity contribution in [3.8, 4) is 11.8 Å². The summed E-state index contributed by atoms with van der Waals surface area (Å²) in [5, 5.41) is 0. The normalized spacial score (nSPS) is 12.7. The molecule has 1 aromatic heterocycles. The van der Waals surface area contributed by atoms with Gasteiger partial charge in [-0.1, -0.05) is 17.7 Å². The second kappa shape index (κ2) is 8.30. The summed E-state index contributed by atoms with van der Waals surface area (Å²) in [5.74, 6) is -1.28. The summed E-state index contributed by atoms with van der Waals surface area (Å²) >= 11 is 0. The van der Waals surface area contributed by atoms with Crippen molar-refractivity contribution in [1.29, 1.82) is 0 Å². The van der Waals surface area contributed by atoms with Gasteiger partial charge in [0.1, 0.15) is 22.3 Å². The number of nitrogens with zero attached hydrogens (tertiary/aromatic N) is 2. The molecule has 1 atom stereocenters. The van der Waals surface area contributed by atoms with Gasteiger partial charge in [-0.3, -0.25) is 4.57 Å². The van der Waals surface area contributed by atoms with E-state index in [0.29, 0.717) is 30.1 Å². The van der Waals surface area contributed by atoms with E-state index in [0.717, 1.165) is 17.7 Å². The van der Waals surface area contributed by atoms with Gasteiger partial charge in [0.05, 0.1) is 17.9 Å². The Morgan fingerprint density at radius 1 is 1.17 bits per heavy atom. The zero-order valence-electron chi connectivity index (χ0n) is 16.2. The third-order valence-corrected chi connectivity index (χ3v) is 5.91. The molecule has 0 aliphatic rings. The number of nitrogens with one attached hydrogen (secondary N) is 1. The fourth-order valence-corrected chi connectivity index (χ4v) is 4.17. The Hall–Kier alpha value is -2.78. The fourth-order valence-electron chi connectivity index (χ4n) is 2.87. The van der Waals surface area contributed by atoms with Crippen molar-refractivity contribution in [2.45, 2.75) is 38.3 Å². The monoisotopic (exact) mass is 421 g/mol. The number of aryl methyl sites for hydroxylation is 1. The molecule has 0 bridgehead atoms. The summed E-state index contributed by atoms with van der Waals surface area (Å²) < 4.78 is 62.3. The van der Waals surface area contributed by atoms with Gasteiger partial charge in [-0.2, -0.15) is 0 Å². The first-order chi connectivity index (χ1) is 13.7. The highest BCUT2D eigenvalue weighted by Crippen LogP contribution is 2.26. The molecule has 0 aliphatic heterocycles. The van der Waals surface area contributed by atoms with Crippen LogP contribution in [0.5, 0.6) is 11.8 Å². The summed E-state index contributed by atoms with van der Waals surface area (Å²) in [4.78, 5) is 3.48. The molecule has 0 radical (unpaired) electrons. The lowest BCUT2D eigenvalue weighted by Gasteiger charge is -2.17. The Balaban J connectivity index is 1.85. The summed E-state index contributed by atoms with van der Waals surface area (Å²) in [6, 6.07) is 9.24. The largest absolute Gasteiger partial charge is 0.426 e. The highest BCUT2D eigenvalue weighted by molar-refractivity contribution is 7.89. The molecule has 29 heavy (non-hydrogen) atoms. The minimum atomic E-state index is -4.29. The first-order valence-corrected chi connectivity index (χ1v) is 10.5. The highest BCUT2D eigenvalue weighted by Gasteiger charge is 2.25. The summed E-state index contributed by atoms with van der Waals surface area (Å²) in [6.45, 7) is 5.88. The number of hydrogen-bond donors (Lipinski definition) is 1. The van der Waals surface area contributed by atoms with Crippen molar-refractivity contribution in [2.24, 2.45) is 0 Å². The molecule has 1 unspecified atom stereocenters. The maximum atomic E-state index is 13.9. The van der Waals surface area contributed by atoms with Gasteiger partial charge in [-0.25, -0.2) is 26.9 Å². The van der Waals surface area contributed by atoms with Crippen molar-refractivity contribution in [3.05, 3.63) is 71.6 Å². The second-order valence-corrected chi connectivity index (χ2v) is 8.23. The van der Waals surface area contributed by atoms with Crippen LogP contribution in [0.1, 0.15) is 31.1 Å². The van der Waals surface area contributed by atoms with Crippen molar-refractivity contribution in [2.75, 3.05) is 0 Å². The molecule has 0 saturated carbocycles. The smallest absolute Gasteiger partial charge is 0.302 e. The van der Waals surface area contributed by atoms with Crippen molar-refractivity contribution < 1.29 is 21.9 Å². The number of sulfonamides is 1. The molecule has 9 heteroatoms. The molecule has 1 N–H and O–H groups in total. The molecule has 0 amide bonds. The lowest BCUT2D eigenvalue weighted by Crippen LogP contribution is -2.29. The van der Waals surface area contributed by atoms with Gasteiger partial charge < -0.3 is 4.74 Å². The van der Waals surface area contributed by atoms with Crippen LogP contribution in [-0.2, 0) is 16.6 Å². The van der Waals surface area contributed by atoms with Crippen LogP contribution in [0.15, 0.2) is 53.6 Å². The summed E-state index contributed by atoms with van der Waals surface area (Å²) in [6.07, 6.45) is 1.49. The molecule has 0 saturated heterocycles. The van der Waals surface area contributed by atoms with E-state index in [1.807, 2.05) is 38.1 Å². The van der Waals surface area contributed by atoms with Crippen LogP contribution < -0.4 is 9.46 Å². The fraction of sp³-hybridized carbons (Fsp3) is 0.250. The number of ether oxygens (including phenoxy) is 1. The third-order valence-electron chi connectivity index (χ3n) is 4.35. The SMILES string of the molecule is CCn1c(C(C)NS(=O)(=O)c2cc(F)ccc2F)cnc1Oc1ccc(C)cc1. The first-order valence-electron chi connectivity index (χ1n) is 8.98. The van der Waals surface area contributed by atoms with Crippen LogP contribution in [0.25, 0.3) is 0 Å². The lowest BCUT2D eigenvalue weighted by atomic mass is 10.2. The zero-order chi connectivity index (χ0) is 21.2. The lowest BCUT2D eigenvalue weighted by molar-refractivity contribution is 0.408.